The van der Waals surface area contributed by atoms with Gasteiger partial charge >= 0.3 is 5.97 Å². The Balaban J connectivity index is 2.61. The van der Waals surface area contributed by atoms with Gasteiger partial charge in [-0.15, -0.1) is 0 Å². The van der Waals surface area contributed by atoms with Crippen molar-refractivity contribution in [3.63, 3.8) is 0 Å². The van der Waals surface area contributed by atoms with Gasteiger partial charge in [0.2, 0.25) is 0 Å². The second-order valence-electron chi connectivity index (χ2n) is 4.65. The highest BCUT2D eigenvalue weighted by molar-refractivity contribution is 5.89. The molecule has 0 saturated heterocycles. The van der Waals surface area contributed by atoms with Gasteiger partial charge in [-0.05, 0) is 30.5 Å². The minimum absolute atomic E-state index is 0.0964. The maximum atomic E-state index is 11.2. The number of hydrogen-bond donors (Lipinski definition) is 1. The molecular formula is C14H16N2O2. The normalized spacial score (nSPS) is 10.9. The van der Waals surface area contributed by atoms with E-state index >= 15 is 0 Å². The zero-order chi connectivity index (χ0) is 13.3. The summed E-state index contributed by atoms with van der Waals surface area (Å²) < 4.78 is 1.71. The third-order valence-electron chi connectivity index (χ3n) is 2.83. The summed E-state index contributed by atoms with van der Waals surface area (Å²) in [7, 11) is 0. The molecule has 1 heterocycles. The van der Waals surface area contributed by atoms with Gasteiger partial charge in [-0.2, -0.15) is 5.10 Å². The average Bonchev–Trinajstić information content (AvgIpc) is 2.73. The Morgan fingerprint density at radius 3 is 2.67 bits per heavy atom. The van der Waals surface area contributed by atoms with E-state index in [4.69, 9.17) is 0 Å². The predicted molar refractivity (Wildman–Crippen MR) is 69.3 cm³/mol. The summed E-state index contributed by atoms with van der Waals surface area (Å²) in [5.74, 6) is -0.836. The van der Waals surface area contributed by atoms with Crippen LogP contribution in [0.5, 0.6) is 0 Å². The summed E-state index contributed by atoms with van der Waals surface area (Å²) >= 11 is 0. The number of hydrogen-bond acceptors (Lipinski definition) is 2. The molecule has 4 nitrogen and oxygen atoms in total. The highest BCUT2D eigenvalue weighted by Crippen LogP contribution is 2.23. The molecule has 1 N–H and O–H groups in total. The van der Waals surface area contributed by atoms with Crippen LogP contribution in [0.2, 0.25) is 0 Å². The van der Waals surface area contributed by atoms with Gasteiger partial charge in [0.25, 0.3) is 0 Å². The second kappa shape index (κ2) is 4.64. The monoisotopic (exact) mass is 244 g/mol. The van der Waals surface area contributed by atoms with E-state index in [2.05, 4.69) is 5.10 Å². The highest BCUT2D eigenvalue weighted by Gasteiger charge is 2.20. The van der Waals surface area contributed by atoms with Crippen molar-refractivity contribution < 1.29 is 9.90 Å². The van der Waals surface area contributed by atoms with Crippen molar-refractivity contribution in [2.45, 2.75) is 26.7 Å². The van der Waals surface area contributed by atoms with Gasteiger partial charge in [-0.25, -0.2) is 9.48 Å². The SMILES string of the molecule is Cc1cccc(-n2ncc(C(=O)O)c2C(C)C)c1. The molecule has 94 valence electrons. The molecule has 0 radical (unpaired) electrons. The van der Waals surface area contributed by atoms with Crippen LogP contribution in [0.25, 0.3) is 5.69 Å². The standard InChI is InChI=1S/C14H16N2O2/c1-9(2)13-12(14(17)18)8-15-16(13)11-6-4-5-10(3)7-11/h4-9H,1-3H3,(H,17,18). The van der Waals surface area contributed by atoms with Crippen LogP contribution >= 0.6 is 0 Å². The van der Waals surface area contributed by atoms with E-state index in [0.717, 1.165) is 16.9 Å². The van der Waals surface area contributed by atoms with Crippen molar-refractivity contribution in [2.24, 2.45) is 0 Å². The topological polar surface area (TPSA) is 55.1 Å². The lowest BCUT2D eigenvalue weighted by atomic mass is 10.1. The molecular weight excluding hydrogens is 228 g/mol. The first-order chi connectivity index (χ1) is 8.50. The van der Waals surface area contributed by atoms with Gasteiger partial charge in [0.15, 0.2) is 0 Å². The fourth-order valence-corrected chi connectivity index (χ4v) is 2.04. The Bertz CT molecular complexity index is 585. The van der Waals surface area contributed by atoms with Crippen LogP contribution < -0.4 is 0 Å². The number of nitrogens with zero attached hydrogens (tertiary/aromatic N) is 2. The molecule has 0 saturated carbocycles. The smallest absolute Gasteiger partial charge is 0.339 e. The van der Waals surface area contributed by atoms with Crippen LogP contribution in [0.1, 0.15) is 41.4 Å². The van der Waals surface area contributed by atoms with Gasteiger partial charge in [-0.3, -0.25) is 0 Å². The summed E-state index contributed by atoms with van der Waals surface area (Å²) in [6, 6.07) is 7.86. The Labute approximate surface area is 106 Å². The molecule has 1 aromatic heterocycles. The molecule has 0 fully saturated rings. The number of aryl methyl sites for hydroxylation is 1. The molecule has 0 spiro atoms. The Kier molecular flexibility index (Phi) is 3.19. The molecule has 2 aromatic rings. The number of carbonyl (C=O) groups is 1. The minimum Gasteiger partial charge on any atom is -0.478 e. The van der Waals surface area contributed by atoms with Gasteiger partial charge in [0.1, 0.15) is 5.56 Å². The molecule has 0 unspecified atom stereocenters. The van der Waals surface area contributed by atoms with Crippen LogP contribution in [-0.2, 0) is 0 Å². The molecule has 1 aromatic carbocycles. The number of aromatic nitrogens is 2. The fraction of sp³-hybridized carbons (Fsp3) is 0.286. The van der Waals surface area contributed by atoms with Gasteiger partial charge < -0.3 is 5.11 Å². The molecule has 0 aliphatic carbocycles. The van der Waals surface area contributed by atoms with Gasteiger partial charge in [0.05, 0.1) is 17.6 Å². The van der Waals surface area contributed by atoms with E-state index in [9.17, 15) is 9.90 Å². The number of carboxylic acid groups (broad SMARTS) is 1. The zero-order valence-electron chi connectivity index (χ0n) is 10.7. The lowest BCUT2D eigenvalue weighted by Crippen LogP contribution is -2.08. The van der Waals surface area contributed by atoms with Crippen LogP contribution in [0.3, 0.4) is 0 Å². The summed E-state index contributed by atoms with van der Waals surface area (Å²) in [6.45, 7) is 5.94. The maximum absolute atomic E-state index is 11.2. The van der Waals surface area contributed by atoms with E-state index in [0.29, 0.717) is 0 Å². The van der Waals surface area contributed by atoms with E-state index in [1.54, 1.807) is 4.68 Å². The molecule has 0 aliphatic heterocycles. The zero-order valence-corrected chi connectivity index (χ0v) is 10.7. The number of aromatic carboxylic acids is 1. The molecule has 2 rings (SSSR count). The molecule has 0 amide bonds. The maximum Gasteiger partial charge on any atom is 0.339 e. The highest BCUT2D eigenvalue weighted by atomic mass is 16.4. The van der Waals surface area contributed by atoms with Gasteiger partial charge in [0, 0.05) is 0 Å². The number of carboxylic acids is 1. The second-order valence-corrected chi connectivity index (χ2v) is 4.65. The summed E-state index contributed by atoms with van der Waals surface area (Å²) in [4.78, 5) is 11.2. The first kappa shape index (κ1) is 12.4. The third-order valence-corrected chi connectivity index (χ3v) is 2.83. The van der Waals surface area contributed by atoms with Crippen molar-refractivity contribution >= 4 is 5.97 Å². The number of benzene rings is 1. The van der Waals surface area contributed by atoms with E-state index in [-0.39, 0.29) is 11.5 Å². The molecule has 0 bridgehead atoms. The third kappa shape index (κ3) is 2.14. The lowest BCUT2D eigenvalue weighted by molar-refractivity contribution is 0.0695. The first-order valence-corrected chi connectivity index (χ1v) is 5.89. The van der Waals surface area contributed by atoms with Crippen LogP contribution in [-0.4, -0.2) is 20.9 Å². The van der Waals surface area contributed by atoms with Crippen molar-refractivity contribution in [2.75, 3.05) is 0 Å². The molecule has 4 heteroatoms. The molecule has 18 heavy (non-hydrogen) atoms. The predicted octanol–water partition coefficient (Wildman–Crippen LogP) is 3.00. The largest absolute Gasteiger partial charge is 0.478 e. The van der Waals surface area contributed by atoms with Crippen LogP contribution in [0.4, 0.5) is 0 Å². The molecule has 0 atom stereocenters. The van der Waals surface area contributed by atoms with Crippen molar-refractivity contribution in [1.29, 1.82) is 0 Å². The molecule has 0 aliphatic rings. The average molecular weight is 244 g/mol. The summed E-state index contributed by atoms with van der Waals surface area (Å²) in [5.41, 5.74) is 3.01. The van der Waals surface area contributed by atoms with Crippen molar-refractivity contribution in [3.8, 4) is 5.69 Å². The quantitative estimate of drug-likeness (QED) is 0.903. The number of rotatable bonds is 3. The summed E-state index contributed by atoms with van der Waals surface area (Å²) in [5, 5.41) is 13.4. The first-order valence-electron chi connectivity index (χ1n) is 5.89. The van der Waals surface area contributed by atoms with E-state index < -0.39 is 5.97 Å². The van der Waals surface area contributed by atoms with Gasteiger partial charge in [-0.1, -0.05) is 26.0 Å². The Hall–Kier alpha value is -2.10. The Morgan fingerprint density at radius 2 is 2.11 bits per heavy atom. The van der Waals surface area contributed by atoms with Crippen molar-refractivity contribution in [1.82, 2.24) is 9.78 Å². The Morgan fingerprint density at radius 1 is 1.39 bits per heavy atom. The van der Waals surface area contributed by atoms with Crippen molar-refractivity contribution in [3.05, 3.63) is 47.3 Å². The fourth-order valence-electron chi connectivity index (χ4n) is 2.04. The lowest BCUT2D eigenvalue weighted by Gasteiger charge is -2.11. The van der Waals surface area contributed by atoms with Crippen LogP contribution in [0, 0.1) is 6.92 Å². The van der Waals surface area contributed by atoms with E-state index in [1.807, 2.05) is 45.0 Å². The van der Waals surface area contributed by atoms with E-state index in [1.165, 1.54) is 6.20 Å². The summed E-state index contributed by atoms with van der Waals surface area (Å²) in [6.07, 6.45) is 1.42. The minimum atomic E-state index is -0.933. The van der Waals surface area contributed by atoms with Crippen LogP contribution in [0.15, 0.2) is 30.5 Å².